The molecule has 0 aliphatic heterocycles. The molecule has 3 aromatic rings. The smallest absolute Gasteiger partial charge is 0.279 e. The Morgan fingerprint density at radius 1 is 1.00 bits per heavy atom. The molecule has 0 spiro atoms. The Morgan fingerprint density at radius 3 is 2.48 bits per heavy atom. The van der Waals surface area contributed by atoms with E-state index in [2.05, 4.69) is 15.8 Å². The van der Waals surface area contributed by atoms with Crippen LogP contribution in [0, 0.1) is 13.8 Å². The SMILES string of the molecule is Cc1cccc(OC(C)C(=O)NNC(=O)c2ccc(OCc3cccnc3)cc2)c1C. The van der Waals surface area contributed by atoms with Crippen molar-refractivity contribution < 1.29 is 19.1 Å². The van der Waals surface area contributed by atoms with Crippen LogP contribution in [0.1, 0.15) is 34.0 Å². The van der Waals surface area contributed by atoms with E-state index in [0.29, 0.717) is 23.7 Å². The standard InChI is InChI=1S/C24H25N3O4/c1-16-6-4-8-22(17(16)2)31-18(3)23(28)26-27-24(29)20-9-11-21(12-10-20)30-15-19-7-5-13-25-14-19/h4-14,18H,15H2,1-3H3,(H,26,28)(H,27,29). The minimum Gasteiger partial charge on any atom is -0.489 e. The number of hydrazine groups is 1. The molecule has 0 fully saturated rings. The summed E-state index contributed by atoms with van der Waals surface area (Å²) >= 11 is 0. The van der Waals surface area contributed by atoms with E-state index >= 15 is 0 Å². The third kappa shape index (κ3) is 6.05. The molecule has 0 aliphatic carbocycles. The highest BCUT2D eigenvalue weighted by atomic mass is 16.5. The lowest BCUT2D eigenvalue weighted by molar-refractivity contribution is -0.128. The first-order valence-corrected chi connectivity index (χ1v) is 9.89. The summed E-state index contributed by atoms with van der Waals surface area (Å²) in [5.41, 5.74) is 8.18. The summed E-state index contributed by atoms with van der Waals surface area (Å²) < 4.78 is 11.4. The number of hydrogen-bond donors (Lipinski definition) is 2. The molecule has 0 aliphatic rings. The van der Waals surface area contributed by atoms with Gasteiger partial charge in [0.05, 0.1) is 0 Å². The number of ether oxygens (including phenoxy) is 2. The summed E-state index contributed by atoms with van der Waals surface area (Å²) in [6.45, 7) is 5.91. The molecule has 7 heteroatoms. The molecule has 0 bridgehead atoms. The van der Waals surface area contributed by atoms with E-state index in [0.717, 1.165) is 16.7 Å². The van der Waals surface area contributed by atoms with Crippen LogP contribution in [-0.2, 0) is 11.4 Å². The lowest BCUT2D eigenvalue weighted by Gasteiger charge is -2.17. The van der Waals surface area contributed by atoms with Crippen LogP contribution in [-0.4, -0.2) is 22.9 Å². The fourth-order valence-electron chi connectivity index (χ4n) is 2.74. The Morgan fingerprint density at radius 2 is 1.77 bits per heavy atom. The number of benzene rings is 2. The van der Waals surface area contributed by atoms with Crippen LogP contribution in [0.4, 0.5) is 0 Å². The maximum Gasteiger partial charge on any atom is 0.279 e. The molecule has 2 N–H and O–H groups in total. The van der Waals surface area contributed by atoms with Gasteiger partial charge in [-0.15, -0.1) is 0 Å². The van der Waals surface area contributed by atoms with E-state index < -0.39 is 17.9 Å². The molecular formula is C24H25N3O4. The predicted molar refractivity (Wildman–Crippen MR) is 117 cm³/mol. The molecule has 2 aromatic carbocycles. The van der Waals surface area contributed by atoms with E-state index in [9.17, 15) is 9.59 Å². The number of pyridine rings is 1. The van der Waals surface area contributed by atoms with Crippen molar-refractivity contribution in [2.24, 2.45) is 0 Å². The fraction of sp³-hybridized carbons (Fsp3) is 0.208. The topological polar surface area (TPSA) is 89.6 Å². The maximum absolute atomic E-state index is 12.3. The summed E-state index contributed by atoms with van der Waals surface area (Å²) in [6.07, 6.45) is 2.66. The summed E-state index contributed by atoms with van der Waals surface area (Å²) in [5, 5.41) is 0. The lowest BCUT2D eigenvalue weighted by Crippen LogP contribution is -2.47. The molecular weight excluding hydrogens is 394 g/mol. The zero-order chi connectivity index (χ0) is 22.2. The number of nitrogens with zero attached hydrogens (tertiary/aromatic N) is 1. The van der Waals surface area contributed by atoms with Crippen molar-refractivity contribution in [2.45, 2.75) is 33.5 Å². The number of aromatic nitrogens is 1. The Labute approximate surface area is 181 Å². The van der Waals surface area contributed by atoms with Crippen molar-refractivity contribution in [3.63, 3.8) is 0 Å². The Kier molecular flexibility index (Phi) is 7.22. The molecule has 2 amide bonds. The molecule has 0 radical (unpaired) electrons. The van der Waals surface area contributed by atoms with Crippen molar-refractivity contribution >= 4 is 11.8 Å². The zero-order valence-corrected chi connectivity index (χ0v) is 17.7. The third-order valence-electron chi connectivity index (χ3n) is 4.77. The number of rotatable bonds is 7. The van der Waals surface area contributed by atoms with Gasteiger partial charge in [-0.2, -0.15) is 0 Å². The number of amides is 2. The normalized spacial score (nSPS) is 11.3. The van der Waals surface area contributed by atoms with Crippen LogP contribution in [0.25, 0.3) is 0 Å². The number of aryl methyl sites for hydroxylation is 1. The van der Waals surface area contributed by atoms with Gasteiger partial charge in [-0.1, -0.05) is 18.2 Å². The van der Waals surface area contributed by atoms with Gasteiger partial charge >= 0.3 is 0 Å². The first kappa shape index (κ1) is 21.8. The van der Waals surface area contributed by atoms with Crippen LogP contribution in [0.3, 0.4) is 0 Å². The second-order valence-electron chi connectivity index (χ2n) is 7.08. The summed E-state index contributed by atoms with van der Waals surface area (Å²) in [7, 11) is 0. The summed E-state index contributed by atoms with van der Waals surface area (Å²) in [4.78, 5) is 28.6. The number of carbonyl (C=O) groups is 2. The summed E-state index contributed by atoms with van der Waals surface area (Å²) in [6, 6.07) is 16.0. The molecule has 0 saturated carbocycles. The Balaban J connectivity index is 1.48. The average Bonchev–Trinajstić information content (AvgIpc) is 2.79. The van der Waals surface area contributed by atoms with Gasteiger partial charge in [0.1, 0.15) is 18.1 Å². The monoisotopic (exact) mass is 419 g/mol. The highest BCUT2D eigenvalue weighted by Crippen LogP contribution is 2.21. The second kappa shape index (κ2) is 10.2. The third-order valence-corrected chi connectivity index (χ3v) is 4.77. The lowest BCUT2D eigenvalue weighted by atomic mass is 10.1. The van der Waals surface area contributed by atoms with E-state index in [-0.39, 0.29) is 0 Å². The zero-order valence-electron chi connectivity index (χ0n) is 17.7. The van der Waals surface area contributed by atoms with Crippen LogP contribution in [0.2, 0.25) is 0 Å². The first-order chi connectivity index (χ1) is 14.9. The van der Waals surface area contributed by atoms with Gasteiger partial charge in [-0.05, 0) is 68.3 Å². The predicted octanol–water partition coefficient (Wildman–Crippen LogP) is 3.51. The molecule has 1 aromatic heterocycles. The fourth-order valence-corrected chi connectivity index (χ4v) is 2.74. The van der Waals surface area contributed by atoms with Gasteiger partial charge in [-0.3, -0.25) is 25.4 Å². The molecule has 3 rings (SSSR count). The van der Waals surface area contributed by atoms with Gasteiger partial charge in [0.15, 0.2) is 6.10 Å². The molecule has 7 nitrogen and oxygen atoms in total. The van der Waals surface area contributed by atoms with Crippen LogP contribution in [0.15, 0.2) is 67.0 Å². The van der Waals surface area contributed by atoms with Crippen molar-refractivity contribution in [3.8, 4) is 11.5 Å². The Bertz CT molecular complexity index is 1040. The first-order valence-electron chi connectivity index (χ1n) is 9.89. The van der Waals surface area contributed by atoms with Crippen LogP contribution >= 0.6 is 0 Å². The van der Waals surface area contributed by atoms with Crippen molar-refractivity contribution in [2.75, 3.05) is 0 Å². The van der Waals surface area contributed by atoms with Crippen molar-refractivity contribution in [3.05, 3.63) is 89.2 Å². The Hall–Kier alpha value is -3.87. The molecule has 160 valence electrons. The van der Waals surface area contributed by atoms with Gasteiger partial charge in [0.25, 0.3) is 11.8 Å². The molecule has 31 heavy (non-hydrogen) atoms. The van der Waals surface area contributed by atoms with Gasteiger partial charge in [0.2, 0.25) is 0 Å². The van der Waals surface area contributed by atoms with Gasteiger partial charge < -0.3 is 9.47 Å². The van der Waals surface area contributed by atoms with Gasteiger partial charge in [-0.25, -0.2) is 0 Å². The molecule has 0 saturated heterocycles. The van der Waals surface area contributed by atoms with Crippen molar-refractivity contribution in [1.82, 2.24) is 15.8 Å². The second-order valence-corrected chi connectivity index (χ2v) is 7.08. The quantitative estimate of drug-likeness (QED) is 0.572. The van der Waals surface area contributed by atoms with E-state index in [1.165, 1.54) is 0 Å². The van der Waals surface area contributed by atoms with Crippen LogP contribution in [0.5, 0.6) is 11.5 Å². The summed E-state index contributed by atoms with van der Waals surface area (Å²) in [5.74, 6) is 0.368. The molecule has 1 heterocycles. The number of hydrogen-bond acceptors (Lipinski definition) is 5. The average molecular weight is 419 g/mol. The van der Waals surface area contributed by atoms with E-state index in [1.54, 1.807) is 43.6 Å². The molecule has 1 atom stereocenters. The highest BCUT2D eigenvalue weighted by Gasteiger charge is 2.17. The van der Waals surface area contributed by atoms with E-state index in [4.69, 9.17) is 9.47 Å². The van der Waals surface area contributed by atoms with Crippen LogP contribution < -0.4 is 20.3 Å². The number of nitrogens with one attached hydrogen (secondary N) is 2. The number of carbonyl (C=O) groups excluding carboxylic acids is 2. The maximum atomic E-state index is 12.3. The highest BCUT2D eigenvalue weighted by molar-refractivity contribution is 5.95. The molecule has 1 unspecified atom stereocenters. The van der Waals surface area contributed by atoms with Crippen molar-refractivity contribution in [1.29, 1.82) is 0 Å². The van der Waals surface area contributed by atoms with E-state index in [1.807, 2.05) is 44.2 Å². The minimum atomic E-state index is -0.774. The van der Waals surface area contributed by atoms with Gasteiger partial charge in [0, 0.05) is 23.5 Å². The minimum absolute atomic E-state index is 0.383. The largest absolute Gasteiger partial charge is 0.489 e.